The van der Waals surface area contributed by atoms with Crippen LogP contribution in [0.5, 0.6) is 0 Å². The van der Waals surface area contributed by atoms with Gasteiger partial charge in [0.15, 0.2) is 0 Å². The van der Waals surface area contributed by atoms with Crippen molar-refractivity contribution in [3.05, 3.63) is 12.2 Å². The highest BCUT2D eigenvalue weighted by molar-refractivity contribution is 5.84. The van der Waals surface area contributed by atoms with E-state index in [1.165, 1.54) is 13.8 Å². The van der Waals surface area contributed by atoms with Crippen molar-refractivity contribution in [1.82, 2.24) is 0 Å². The van der Waals surface area contributed by atoms with Gasteiger partial charge in [0, 0.05) is 5.57 Å². The molecule has 0 radical (unpaired) electrons. The van der Waals surface area contributed by atoms with E-state index >= 15 is 0 Å². The first-order valence-corrected chi connectivity index (χ1v) is 2.57. The second kappa shape index (κ2) is 5.81. The summed E-state index contributed by atoms with van der Waals surface area (Å²) in [5, 5.41) is 14.2. The van der Waals surface area contributed by atoms with Crippen molar-refractivity contribution < 1.29 is 9.90 Å². The van der Waals surface area contributed by atoms with Crippen LogP contribution in [0.25, 0.3) is 0 Å². The van der Waals surface area contributed by atoms with Crippen LogP contribution < -0.4 is 5.73 Å². The number of nitrogens with one attached hydrogen (secondary N) is 1. The summed E-state index contributed by atoms with van der Waals surface area (Å²) < 4.78 is 0. The van der Waals surface area contributed by atoms with Gasteiger partial charge in [0.05, 0.1) is 5.84 Å². The second-order valence-corrected chi connectivity index (χ2v) is 1.77. The first-order chi connectivity index (χ1) is 4.37. The van der Waals surface area contributed by atoms with Crippen LogP contribution >= 0.6 is 0 Å². The molecule has 0 bridgehead atoms. The highest BCUT2D eigenvalue weighted by Crippen LogP contribution is 1.81. The fourth-order valence-corrected chi connectivity index (χ4v) is 0. The number of carboxylic acid groups (broad SMARTS) is 1. The zero-order valence-corrected chi connectivity index (χ0v) is 6.14. The van der Waals surface area contributed by atoms with Crippen LogP contribution in [-0.2, 0) is 4.79 Å². The highest BCUT2D eigenvalue weighted by atomic mass is 16.4. The molecule has 0 aliphatic rings. The maximum absolute atomic E-state index is 9.60. The molecule has 58 valence electrons. The molecule has 0 saturated carbocycles. The molecule has 10 heavy (non-hydrogen) atoms. The minimum Gasteiger partial charge on any atom is -0.478 e. The number of aliphatic carboxylic acids is 1. The molecule has 0 saturated heterocycles. The summed E-state index contributed by atoms with van der Waals surface area (Å²) in [5.41, 5.74) is 4.87. The summed E-state index contributed by atoms with van der Waals surface area (Å²) in [6, 6.07) is 0. The molecule has 0 fully saturated rings. The fourth-order valence-electron chi connectivity index (χ4n) is 0. The van der Waals surface area contributed by atoms with Crippen molar-refractivity contribution in [3.63, 3.8) is 0 Å². The van der Waals surface area contributed by atoms with Gasteiger partial charge in [0.2, 0.25) is 0 Å². The lowest BCUT2D eigenvalue weighted by Gasteiger charge is -1.79. The van der Waals surface area contributed by atoms with Gasteiger partial charge in [-0.1, -0.05) is 6.58 Å². The third-order valence-electron chi connectivity index (χ3n) is 0.365. The molecule has 0 rings (SSSR count). The zero-order chi connectivity index (χ0) is 8.73. The molecule has 0 aromatic rings. The minimum atomic E-state index is -0.935. The second-order valence-electron chi connectivity index (χ2n) is 1.77. The summed E-state index contributed by atoms with van der Waals surface area (Å²) in [5.74, 6) is -0.769. The standard InChI is InChI=1S/C4H6O2.C2H6N2/c1-3(2)4(5)6;1-2(3)4/h1H2,2H3,(H,5,6);1H3,(H3,3,4). The van der Waals surface area contributed by atoms with Gasteiger partial charge in [-0.3, -0.25) is 5.41 Å². The van der Waals surface area contributed by atoms with Crippen LogP contribution in [0.3, 0.4) is 0 Å². The minimum absolute atomic E-state index is 0.167. The number of amidine groups is 1. The third-order valence-corrected chi connectivity index (χ3v) is 0.365. The Bertz CT molecular complexity index is 136. The number of carboxylic acids is 1. The Hall–Kier alpha value is -1.32. The van der Waals surface area contributed by atoms with E-state index in [1.807, 2.05) is 0 Å². The largest absolute Gasteiger partial charge is 0.478 e. The van der Waals surface area contributed by atoms with Gasteiger partial charge >= 0.3 is 5.97 Å². The van der Waals surface area contributed by atoms with E-state index in [-0.39, 0.29) is 11.4 Å². The topological polar surface area (TPSA) is 87.2 Å². The van der Waals surface area contributed by atoms with Gasteiger partial charge in [0.25, 0.3) is 0 Å². The van der Waals surface area contributed by atoms with E-state index in [0.717, 1.165) is 0 Å². The molecular weight excluding hydrogens is 132 g/mol. The van der Waals surface area contributed by atoms with Gasteiger partial charge < -0.3 is 10.8 Å². The van der Waals surface area contributed by atoms with E-state index in [0.29, 0.717) is 0 Å². The molecule has 0 aromatic heterocycles. The van der Waals surface area contributed by atoms with Crippen molar-refractivity contribution in [1.29, 1.82) is 5.41 Å². The molecule has 0 amide bonds. The Morgan fingerprint density at radius 1 is 1.60 bits per heavy atom. The summed E-state index contributed by atoms with van der Waals surface area (Å²) in [7, 11) is 0. The Labute approximate surface area is 59.9 Å². The molecule has 4 heteroatoms. The van der Waals surface area contributed by atoms with Gasteiger partial charge in [-0.05, 0) is 13.8 Å². The third kappa shape index (κ3) is 30.0. The molecule has 0 aromatic carbocycles. The Morgan fingerprint density at radius 3 is 1.70 bits per heavy atom. The summed E-state index contributed by atoms with van der Waals surface area (Å²) in [4.78, 5) is 9.60. The smallest absolute Gasteiger partial charge is 0.330 e. The van der Waals surface area contributed by atoms with E-state index in [9.17, 15) is 4.79 Å². The van der Waals surface area contributed by atoms with Crippen LogP contribution in [0.15, 0.2) is 12.2 Å². The van der Waals surface area contributed by atoms with Crippen LogP contribution in [-0.4, -0.2) is 16.9 Å². The SMILES string of the molecule is C=C(C)C(=O)O.CC(=N)N. The monoisotopic (exact) mass is 144 g/mol. The van der Waals surface area contributed by atoms with Crippen molar-refractivity contribution in [2.45, 2.75) is 13.8 Å². The Kier molecular flexibility index (Phi) is 6.67. The van der Waals surface area contributed by atoms with Crippen molar-refractivity contribution in [3.8, 4) is 0 Å². The molecule has 0 unspecified atom stereocenters. The summed E-state index contributed by atoms with van der Waals surface area (Å²) in [6.45, 7) is 6.13. The first-order valence-electron chi connectivity index (χ1n) is 2.57. The molecular formula is C6H12N2O2. The number of carbonyl (C=O) groups is 1. The van der Waals surface area contributed by atoms with Gasteiger partial charge in [-0.25, -0.2) is 4.79 Å². The van der Waals surface area contributed by atoms with Gasteiger partial charge in [-0.2, -0.15) is 0 Å². The van der Waals surface area contributed by atoms with Crippen LogP contribution in [0.2, 0.25) is 0 Å². The lowest BCUT2D eigenvalue weighted by molar-refractivity contribution is -0.132. The number of hydrogen-bond acceptors (Lipinski definition) is 2. The zero-order valence-electron chi connectivity index (χ0n) is 6.14. The fraction of sp³-hybridized carbons (Fsp3) is 0.333. The molecule has 0 spiro atoms. The van der Waals surface area contributed by atoms with E-state index in [1.54, 1.807) is 0 Å². The maximum Gasteiger partial charge on any atom is 0.330 e. The lowest BCUT2D eigenvalue weighted by Crippen LogP contribution is -2.00. The van der Waals surface area contributed by atoms with E-state index < -0.39 is 5.97 Å². The molecule has 0 aliphatic heterocycles. The molecule has 4 N–H and O–H groups in total. The van der Waals surface area contributed by atoms with Crippen LogP contribution in [0.1, 0.15) is 13.8 Å². The van der Waals surface area contributed by atoms with Crippen LogP contribution in [0.4, 0.5) is 0 Å². The van der Waals surface area contributed by atoms with Crippen molar-refractivity contribution in [2.75, 3.05) is 0 Å². The quantitative estimate of drug-likeness (QED) is 0.286. The van der Waals surface area contributed by atoms with Gasteiger partial charge in [0.1, 0.15) is 0 Å². The number of rotatable bonds is 1. The average Bonchev–Trinajstić information content (AvgIpc) is 1.63. The average molecular weight is 144 g/mol. The number of nitrogens with two attached hydrogens (primary N) is 1. The predicted molar refractivity (Wildman–Crippen MR) is 40.0 cm³/mol. The Balaban J connectivity index is 0. The van der Waals surface area contributed by atoms with Crippen LogP contribution in [0, 0.1) is 5.41 Å². The Morgan fingerprint density at radius 2 is 1.70 bits per heavy atom. The first kappa shape index (κ1) is 11.5. The van der Waals surface area contributed by atoms with Crippen molar-refractivity contribution >= 4 is 11.8 Å². The van der Waals surface area contributed by atoms with Crippen molar-refractivity contribution in [2.24, 2.45) is 5.73 Å². The number of hydrogen-bond donors (Lipinski definition) is 3. The molecule has 0 atom stereocenters. The molecule has 0 heterocycles. The molecule has 4 nitrogen and oxygen atoms in total. The predicted octanol–water partition coefficient (Wildman–Crippen LogP) is 0.589. The van der Waals surface area contributed by atoms with E-state index in [4.69, 9.17) is 16.2 Å². The summed E-state index contributed by atoms with van der Waals surface area (Å²) >= 11 is 0. The lowest BCUT2D eigenvalue weighted by atomic mass is 10.4. The summed E-state index contributed by atoms with van der Waals surface area (Å²) in [6.07, 6.45) is 0. The molecule has 0 aliphatic carbocycles. The highest BCUT2D eigenvalue weighted by Gasteiger charge is 1.90. The van der Waals surface area contributed by atoms with E-state index in [2.05, 4.69) is 6.58 Å². The van der Waals surface area contributed by atoms with Gasteiger partial charge in [-0.15, -0.1) is 0 Å². The maximum atomic E-state index is 9.60. The normalized spacial score (nSPS) is 7.00.